The Kier molecular flexibility index (Phi) is 3.57. The summed E-state index contributed by atoms with van der Waals surface area (Å²) in [6, 6.07) is 9.73. The molecule has 1 fully saturated rings. The van der Waals surface area contributed by atoms with E-state index in [4.69, 9.17) is 0 Å². The van der Waals surface area contributed by atoms with Crippen molar-refractivity contribution >= 4 is 5.91 Å². The van der Waals surface area contributed by atoms with E-state index in [0.29, 0.717) is 13.0 Å². The molecule has 3 heteroatoms. The van der Waals surface area contributed by atoms with E-state index in [1.807, 2.05) is 30.3 Å². The molecule has 1 aliphatic rings. The number of likely N-dealkylation sites (tertiary alicyclic amines) is 1. The summed E-state index contributed by atoms with van der Waals surface area (Å²) in [5.41, 5.74) is 1.03. The van der Waals surface area contributed by atoms with Gasteiger partial charge in [-0.2, -0.15) is 0 Å². The van der Waals surface area contributed by atoms with E-state index in [1.165, 1.54) is 0 Å². The number of hydrogen-bond acceptors (Lipinski definition) is 2. The van der Waals surface area contributed by atoms with Gasteiger partial charge in [-0.1, -0.05) is 30.3 Å². The Morgan fingerprint density at radius 3 is 2.81 bits per heavy atom. The summed E-state index contributed by atoms with van der Waals surface area (Å²) in [5.74, 6) is 0.116. The fraction of sp³-hybridized carbons (Fsp3) is 0.462. The molecule has 0 bridgehead atoms. The normalized spacial score (nSPS) is 20.8. The van der Waals surface area contributed by atoms with Crippen LogP contribution < -0.4 is 0 Å². The largest absolute Gasteiger partial charge is 0.391 e. The third kappa shape index (κ3) is 2.83. The van der Waals surface area contributed by atoms with Gasteiger partial charge < -0.3 is 10.0 Å². The topological polar surface area (TPSA) is 40.5 Å². The predicted molar refractivity (Wildman–Crippen MR) is 62.0 cm³/mol. The Morgan fingerprint density at radius 1 is 1.38 bits per heavy atom. The van der Waals surface area contributed by atoms with Gasteiger partial charge in [0.2, 0.25) is 5.91 Å². The number of nitrogens with zero attached hydrogens (tertiary/aromatic N) is 1. The molecule has 0 radical (unpaired) electrons. The minimum atomic E-state index is -0.339. The van der Waals surface area contributed by atoms with Crippen molar-refractivity contribution < 1.29 is 9.90 Å². The van der Waals surface area contributed by atoms with Crippen molar-refractivity contribution in [3.8, 4) is 0 Å². The maximum absolute atomic E-state index is 11.9. The minimum Gasteiger partial charge on any atom is -0.391 e. The van der Waals surface area contributed by atoms with Crippen LogP contribution in [0.4, 0.5) is 0 Å². The Hall–Kier alpha value is -1.35. The second-order valence-corrected chi connectivity index (χ2v) is 4.30. The Morgan fingerprint density at radius 2 is 2.12 bits per heavy atom. The van der Waals surface area contributed by atoms with Crippen LogP contribution in [0.15, 0.2) is 30.3 Å². The van der Waals surface area contributed by atoms with Crippen LogP contribution in [0.5, 0.6) is 0 Å². The monoisotopic (exact) mass is 219 g/mol. The van der Waals surface area contributed by atoms with E-state index in [-0.39, 0.29) is 12.0 Å². The predicted octanol–water partition coefficient (Wildman–Crippen LogP) is 1.21. The number of carbonyl (C=O) groups is 1. The molecule has 1 aromatic carbocycles. The third-order valence-corrected chi connectivity index (χ3v) is 2.95. The summed E-state index contributed by atoms with van der Waals surface area (Å²) in [6.45, 7) is 1.27. The second-order valence-electron chi connectivity index (χ2n) is 4.30. The molecule has 1 amide bonds. The maximum Gasteiger partial charge on any atom is 0.227 e. The van der Waals surface area contributed by atoms with Crippen molar-refractivity contribution in [1.82, 2.24) is 4.90 Å². The highest BCUT2D eigenvalue weighted by Gasteiger charge is 2.21. The van der Waals surface area contributed by atoms with Gasteiger partial charge in [0.1, 0.15) is 0 Å². The summed E-state index contributed by atoms with van der Waals surface area (Å²) in [6.07, 6.45) is 1.82. The van der Waals surface area contributed by atoms with Crippen molar-refractivity contribution in [2.75, 3.05) is 13.1 Å². The zero-order valence-electron chi connectivity index (χ0n) is 9.30. The minimum absolute atomic E-state index is 0.116. The van der Waals surface area contributed by atoms with Crippen LogP contribution in [0.3, 0.4) is 0 Å². The van der Waals surface area contributed by atoms with Gasteiger partial charge in [-0.15, -0.1) is 0 Å². The second kappa shape index (κ2) is 5.12. The van der Waals surface area contributed by atoms with E-state index in [1.54, 1.807) is 4.90 Å². The van der Waals surface area contributed by atoms with Gasteiger partial charge in [0.15, 0.2) is 0 Å². The quantitative estimate of drug-likeness (QED) is 0.812. The summed E-state index contributed by atoms with van der Waals surface area (Å²) in [4.78, 5) is 13.7. The first-order chi connectivity index (χ1) is 7.75. The molecule has 0 saturated carbocycles. The number of rotatable bonds is 2. The molecule has 16 heavy (non-hydrogen) atoms. The van der Waals surface area contributed by atoms with Crippen molar-refractivity contribution in [2.45, 2.75) is 25.4 Å². The van der Waals surface area contributed by atoms with Crippen LogP contribution in [-0.2, 0) is 11.2 Å². The number of piperidine rings is 1. The molecule has 1 aliphatic heterocycles. The van der Waals surface area contributed by atoms with Crippen molar-refractivity contribution in [2.24, 2.45) is 0 Å². The molecule has 3 nitrogen and oxygen atoms in total. The molecular weight excluding hydrogens is 202 g/mol. The molecule has 1 aromatic rings. The zero-order chi connectivity index (χ0) is 11.4. The number of β-amino-alcohol motifs (C(OH)–C–C–N with tert-alkyl or cyclic N) is 1. The average molecular weight is 219 g/mol. The van der Waals surface area contributed by atoms with Gasteiger partial charge >= 0.3 is 0 Å². The van der Waals surface area contributed by atoms with Crippen molar-refractivity contribution in [3.63, 3.8) is 0 Å². The molecular formula is C13H17NO2. The van der Waals surface area contributed by atoms with Crippen molar-refractivity contribution in [3.05, 3.63) is 35.9 Å². The molecule has 86 valence electrons. The average Bonchev–Trinajstić information content (AvgIpc) is 2.30. The summed E-state index contributed by atoms with van der Waals surface area (Å²) < 4.78 is 0. The molecule has 1 heterocycles. The number of aliphatic hydroxyl groups excluding tert-OH is 1. The SMILES string of the molecule is O=C(Cc1ccccc1)N1CCC[C@@H](O)C1. The summed E-state index contributed by atoms with van der Waals surface area (Å²) in [5, 5.41) is 9.50. The number of amides is 1. The third-order valence-electron chi connectivity index (χ3n) is 2.95. The Labute approximate surface area is 95.7 Å². The molecule has 0 aromatic heterocycles. The van der Waals surface area contributed by atoms with Gasteiger partial charge in [-0.3, -0.25) is 4.79 Å². The van der Waals surface area contributed by atoms with Gasteiger partial charge in [0.05, 0.1) is 12.5 Å². The molecule has 2 rings (SSSR count). The van der Waals surface area contributed by atoms with Crippen LogP contribution in [0.2, 0.25) is 0 Å². The number of benzene rings is 1. The highest BCUT2D eigenvalue weighted by molar-refractivity contribution is 5.78. The molecule has 1 saturated heterocycles. The standard InChI is InChI=1S/C13H17NO2/c15-12-7-4-8-14(10-12)13(16)9-11-5-2-1-3-6-11/h1-3,5-6,12,15H,4,7-10H2/t12-/m1/s1. The summed E-state index contributed by atoms with van der Waals surface area (Å²) in [7, 11) is 0. The first-order valence-corrected chi connectivity index (χ1v) is 5.75. The Balaban J connectivity index is 1.93. The first-order valence-electron chi connectivity index (χ1n) is 5.75. The smallest absolute Gasteiger partial charge is 0.227 e. The molecule has 0 unspecified atom stereocenters. The van der Waals surface area contributed by atoms with E-state index in [2.05, 4.69) is 0 Å². The highest BCUT2D eigenvalue weighted by Crippen LogP contribution is 2.11. The van der Waals surface area contributed by atoms with Crippen LogP contribution in [-0.4, -0.2) is 35.1 Å². The summed E-state index contributed by atoms with van der Waals surface area (Å²) >= 11 is 0. The van der Waals surface area contributed by atoms with Gasteiger partial charge in [-0.05, 0) is 18.4 Å². The first kappa shape index (κ1) is 11.1. The zero-order valence-corrected chi connectivity index (χ0v) is 9.30. The van der Waals surface area contributed by atoms with Crippen LogP contribution >= 0.6 is 0 Å². The van der Waals surface area contributed by atoms with Gasteiger partial charge in [-0.25, -0.2) is 0 Å². The Bertz CT molecular complexity index is 350. The fourth-order valence-corrected chi connectivity index (χ4v) is 2.06. The van der Waals surface area contributed by atoms with Gasteiger partial charge in [0, 0.05) is 13.1 Å². The number of hydrogen-bond donors (Lipinski definition) is 1. The van der Waals surface area contributed by atoms with Crippen LogP contribution in [0, 0.1) is 0 Å². The fourth-order valence-electron chi connectivity index (χ4n) is 2.06. The van der Waals surface area contributed by atoms with Gasteiger partial charge in [0.25, 0.3) is 0 Å². The lowest BCUT2D eigenvalue weighted by molar-refractivity contribution is -0.133. The molecule has 1 atom stereocenters. The number of carbonyl (C=O) groups excluding carboxylic acids is 1. The molecule has 1 N–H and O–H groups in total. The lowest BCUT2D eigenvalue weighted by Gasteiger charge is -2.30. The van der Waals surface area contributed by atoms with Crippen LogP contribution in [0.1, 0.15) is 18.4 Å². The van der Waals surface area contributed by atoms with Crippen molar-refractivity contribution in [1.29, 1.82) is 0 Å². The maximum atomic E-state index is 11.9. The van der Waals surface area contributed by atoms with E-state index >= 15 is 0 Å². The lowest BCUT2D eigenvalue weighted by atomic mass is 10.1. The molecule has 0 aliphatic carbocycles. The van der Waals surface area contributed by atoms with E-state index in [0.717, 1.165) is 24.9 Å². The highest BCUT2D eigenvalue weighted by atomic mass is 16.3. The van der Waals surface area contributed by atoms with Crippen LogP contribution in [0.25, 0.3) is 0 Å². The molecule has 0 spiro atoms. The van der Waals surface area contributed by atoms with E-state index < -0.39 is 0 Å². The van der Waals surface area contributed by atoms with E-state index in [9.17, 15) is 9.90 Å². The number of aliphatic hydroxyl groups is 1. The lowest BCUT2D eigenvalue weighted by Crippen LogP contribution is -2.42.